The van der Waals surface area contributed by atoms with Gasteiger partial charge in [-0.1, -0.05) is 35.0 Å². The molecule has 0 aliphatic rings. The van der Waals surface area contributed by atoms with Crippen molar-refractivity contribution in [3.63, 3.8) is 0 Å². The summed E-state index contributed by atoms with van der Waals surface area (Å²) in [5.74, 6) is 0.427. The first kappa shape index (κ1) is 15.1. The van der Waals surface area contributed by atoms with Gasteiger partial charge in [0.2, 0.25) is 0 Å². The molecular formula is C14H16ClN5O. The van der Waals surface area contributed by atoms with Gasteiger partial charge >= 0.3 is 0 Å². The lowest BCUT2D eigenvalue weighted by atomic mass is 10.1. The van der Waals surface area contributed by atoms with Gasteiger partial charge in [0.1, 0.15) is 0 Å². The van der Waals surface area contributed by atoms with E-state index in [0.717, 1.165) is 5.56 Å². The van der Waals surface area contributed by atoms with Crippen molar-refractivity contribution in [2.45, 2.75) is 13.0 Å². The zero-order chi connectivity index (χ0) is 15.4. The first-order valence-corrected chi connectivity index (χ1v) is 6.70. The van der Waals surface area contributed by atoms with Crippen LogP contribution in [0.1, 0.15) is 24.2 Å². The Labute approximate surface area is 127 Å². The van der Waals surface area contributed by atoms with Gasteiger partial charge in [0, 0.05) is 24.5 Å². The van der Waals surface area contributed by atoms with Gasteiger partial charge in [0.25, 0.3) is 0 Å². The third-order valence-corrected chi connectivity index (χ3v) is 3.64. The second kappa shape index (κ2) is 6.41. The molecule has 0 amide bonds. The maximum atomic E-state index is 8.85. The van der Waals surface area contributed by atoms with Gasteiger partial charge in [-0.2, -0.15) is 0 Å². The van der Waals surface area contributed by atoms with Crippen LogP contribution in [0, 0.1) is 0 Å². The summed E-state index contributed by atoms with van der Waals surface area (Å²) in [5, 5.41) is 12.5. The van der Waals surface area contributed by atoms with Gasteiger partial charge in [0.05, 0.1) is 6.04 Å². The molecular weight excluding hydrogens is 290 g/mol. The second-order valence-corrected chi connectivity index (χ2v) is 4.93. The lowest BCUT2D eigenvalue weighted by Gasteiger charge is -2.27. The molecule has 1 atom stereocenters. The van der Waals surface area contributed by atoms with Gasteiger partial charge in [0.15, 0.2) is 17.3 Å². The molecule has 0 radical (unpaired) electrons. The van der Waals surface area contributed by atoms with Crippen molar-refractivity contribution in [1.29, 1.82) is 0 Å². The third-order valence-electron chi connectivity index (χ3n) is 3.30. The molecule has 0 saturated heterocycles. The number of halogens is 1. The first-order valence-electron chi connectivity index (χ1n) is 6.32. The molecule has 2 aromatic rings. The van der Waals surface area contributed by atoms with Gasteiger partial charge < -0.3 is 15.8 Å². The minimum absolute atomic E-state index is 0.0550. The summed E-state index contributed by atoms with van der Waals surface area (Å²) in [7, 11) is 1.85. The normalized spacial score (nSPS) is 13.0. The fraction of sp³-hybridized carbons (Fsp3) is 0.214. The third kappa shape index (κ3) is 3.05. The van der Waals surface area contributed by atoms with E-state index in [4.69, 9.17) is 22.5 Å². The summed E-state index contributed by atoms with van der Waals surface area (Å²) < 4.78 is 0. The van der Waals surface area contributed by atoms with Gasteiger partial charge in [-0.25, -0.2) is 9.97 Å². The van der Waals surface area contributed by atoms with Gasteiger partial charge in [-0.15, -0.1) is 0 Å². The molecule has 110 valence electrons. The molecule has 3 N–H and O–H groups in total. The highest BCUT2D eigenvalue weighted by atomic mass is 35.5. The molecule has 1 unspecified atom stereocenters. The van der Waals surface area contributed by atoms with E-state index in [-0.39, 0.29) is 11.9 Å². The summed E-state index contributed by atoms with van der Waals surface area (Å²) >= 11 is 6.23. The molecule has 0 aliphatic heterocycles. The minimum atomic E-state index is -0.0868. The molecule has 0 fully saturated rings. The quantitative estimate of drug-likeness (QED) is 0.392. The van der Waals surface area contributed by atoms with Crippen LogP contribution < -0.4 is 10.6 Å². The Morgan fingerprint density at radius 2 is 2.00 bits per heavy atom. The number of nitrogens with zero attached hydrogens (tertiary/aromatic N) is 4. The Kier molecular flexibility index (Phi) is 4.59. The van der Waals surface area contributed by atoms with E-state index in [9.17, 15) is 0 Å². The van der Waals surface area contributed by atoms with Crippen molar-refractivity contribution in [2.24, 2.45) is 10.9 Å². The number of nitrogens with two attached hydrogens (primary N) is 1. The lowest BCUT2D eigenvalue weighted by molar-refractivity contribution is 0.318. The summed E-state index contributed by atoms with van der Waals surface area (Å²) in [5.41, 5.74) is 6.92. The van der Waals surface area contributed by atoms with Gasteiger partial charge in [-0.05, 0) is 18.6 Å². The van der Waals surface area contributed by atoms with E-state index in [2.05, 4.69) is 15.1 Å². The van der Waals surface area contributed by atoms with Crippen LogP contribution in [-0.2, 0) is 0 Å². The Morgan fingerprint density at radius 1 is 1.33 bits per heavy atom. The van der Waals surface area contributed by atoms with Crippen LogP contribution >= 0.6 is 11.6 Å². The zero-order valence-corrected chi connectivity index (χ0v) is 12.5. The number of oxime groups is 1. The topological polar surface area (TPSA) is 87.6 Å². The molecule has 1 aromatic heterocycles. The predicted octanol–water partition coefficient (Wildman–Crippen LogP) is 2.42. The Morgan fingerprint density at radius 3 is 2.67 bits per heavy atom. The van der Waals surface area contributed by atoms with Gasteiger partial charge in [-0.3, -0.25) is 0 Å². The molecule has 1 heterocycles. The largest absolute Gasteiger partial charge is 0.409 e. The molecule has 0 aliphatic carbocycles. The Hall–Kier alpha value is -2.34. The average Bonchev–Trinajstić information content (AvgIpc) is 2.53. The highest BCUT2D eigenvalue weighted by Gasteiger charge is 2.20. The molecule has 21 heavy (non-hydrogen) atoms. The number of anilines is 1. The number of rotatable bonds is 4. The van der Waals surface area contributed by atoms with Crippen LogP contribution in [0.4, 0.5) is 5.82 Å². The van der Waals surface area contributed by atoms with Crippen molar-refractivity contribution in [3.8, 4) is 0 Å². The Balaban J connectivity index is 2.41. The second-order valence-electron chi connectivity index (χ2n) is 4.52. The molecule has 7 heteroatoms. The van der Waals surface area contributed by atoms with Crippen LogP contribution in [0.15, 0.2) is 41.8 Å². The summed E-state index contributed by atoms with van der Waals surface area (Å²) in [6, 6.07) is 7.53. The summed E-state index contributed by atoms with van der Waals surface area (Å²) in [4.78, 5) is 10.3. The van der Waals surface area contributed by atoms with E-state index in [1.165, 1.54) is 6.20 Å². The molecule has 2 rings (SSSR count). The SMILES string of the molecule is CC(c1ccccc1Cl)N(C)c1nccnc1C(N)=NO. The van der Waals surface area contributed by atoms with E-state index >= 15 is 0 Å². The molecule has 1 aromatic carbocycles. The monoisotopic (exact) mass is 305 g/mol. The standard InChI is InChI=1S/C14H16ClN5O/c1-9(10-5-3-4-6-11(10)15)20(2)14-12(13(16)19-21)17-7-8-18-14/h3-9,21H,1-2H3,(H2,16,19). The highest BCUT2D eigenvalue weighted by molar-refractivity contribution is 6.31. The lowest BCUT2D eigenvalue weighted by Crippen LogP contribution is -2.27. The molecule has 0 saturated carbocycles. The van der Waals surface area contributed by atoms with Crippen LogP contribution in [-0.4, -0.2) is 28.1 Å². The number of hydrogen-bond donors (Lipinski definition) is 2. The average molecular weight is 306 g/mol. The van der Waals surface area contributed by atoms with Crippen LogP contribution in [0.2, 0.25) is 5.02 Å². The smallest absolute Gasteiger partial charge is 0.192 e. The van der Waals surface area contributed by atoms with Crippen LogP contribution in [0.3, 0.4) is 0 Å². The van der Waals surface area contributed by atoms with Crippen molar-refractivity contribution >= 4 is 23.3 Å². The fourth-order valence-electron chi connectivity index (χ4n) is 2.02. The zero-order valence-electron chi connectivity index (χ0n) is 11.7. The number of aromatic nitrogens is 2. The van der Waals surface area contributed by atoms with Crippen molar-refractivity contribution in [3.05, 3.63) is 52.9 Å². The number of benzene rings is 1. The first-order chi connectivity index (χ1) is 10.1. The highest BCUT2D eigenvalue weighted by Crippen LogP contribution is 2.29. The summed E-state index contributed by atoms with van der Waals surface area (Å²) in [6.07, 6.45) is 3.05. The van der Waals surface area contributed by atoms with Crippen molar-refractivity contribution < 1.29 is 5.21 Å². The van der Waals surface area contributed by atoms with Crippen molar-refractivity contribution in [1.82, 2.24) is 9.97 Å². The predicted molar refractivity (Wildman–Crippen MR) is 82.8 cm³/mol. The molecule has 6 nitrogen and oxygen atoms in total. The number of hydrogen-bond acceptors (Lipinski definition) is 5. The maximum Gasteiger partial charge on any atom is 0.192 e. The van der Waals surface area contributed by atoms with E-state index < -0.39 is 0 Å². The number of amidine groups is 1. The van der Waals surface area contributed by atoms with E-state index in [1.54, 1.807) is 6.20 Å². The Bertz CT molecular complexity index is 661. The minimum Gasteiger partial charge on any atom is -0.409 e. The molecule has 0 bridgehead atoms. The fourth-order valence-corrected chi connectivity index (χ4v) is 2.32. The van der Waals surface area contributed by atoms with E-state index in [1.807, 2.05) is 43.1 Å². The van der Waals surface area contributed by atoms with Crippen molar-refractivity contribution in [2.75, 3.05) is 11.9 Å². The molecule has 0 spiro atoms. The maximum absolute atomic E-state index is 8.85. The summed E-state index contributed by atoms with van der Waals surface area (Å²) in [6.45, 7) is 1.99. The van der Waals surface area contributed by atoms with Crippen LogP contribution in [0.25, 0.3) is 0 Å². The van der Waals surface area contributed by atoms with E-state index in [0.29, 0.717) is 16.5 Å². The van der Waals surface area contributed by atoms with Crippen LogP contribution in [0.5, 0.6) is 0 Å².